The number of nitrogens with zero attached hydrogens (tertiary/aromatic N) is 2. The van der Waals surface area contributed by atoms with Crippen molar-refractivity contribution in [1.29, 1.82) is 0 Å². The van der Waals surface area contributed by atoms with Crippen LogP contribution in [0.5, 0.6) is 0 Å². The van der Waals surface area contributed by atoms with Gasteiger partial charge in [0, 0.05) is 13.1 Å². The number of aromatic nitrogens is 1. The second-order valence-corrected chi connectivity index (χ2v) is 3.37. The molecule has 66 valence electrons. The van der Waals surface area contributed by atoms with E-state index in [1.165, 1.54) is 19.3 Å². The van der Waals surface area contributed by atoms with Crippen LogP contribution in [0.15, 0.2) is 10.6 Å². The molecular weight excluding hydrogens is 176 g/mol. The minimum Gasteiger partial charge on any atom is -0.412 e. The smallest absolute Gasteiger partial charge is 0.298 e. The van der Waals surface area contributed by atoms with Crippen molar-refractivity contribution < 1.29 is 4.42 Å². The molecule has 1 aromatic heterocycles. The summed E-state index contributed by atoms with van der Waals surface area (Å²) < 4.78 is 5.20. The second-order valence-electron chi connectivity index (χ2n) is 2.99. The van der Waals surface area contributed by atoms with Crippen molar-refractivity contribution in [1.82, 2.24) is 4.98 Å². The third-order valence-electron chi connectivity index (χ3n) is 2.09. The van der Waals surface area contributed by atoms with Crippen molar-refractivity contribution in [3.63, 3.8) is 0 Å². The van der Waals surface area contributed by atoms with Gasteiger partial charge in [-0.25, -0.2) is 4.98 Å². The number of piperidine rings is 1. The number of halogens is 1. The maximum atomic E-state index is 5.62. The number of hydrogen-bond donors (Lipinski definition) is 0. The summed E-state index contributed by atoms with van der Waals surface area (Å²) in [6.07, 6.45) is 5.30. The van der Waals surface area contributed by atoms with E-state index in [1.807, 2.05) is 0 Å². The maximum absolute atomic E-state index is 5.62. The quantitative estimate of drug-likeness (QED) is 0.674. The number of oxazole rings is 1. The summed E-state index contributed by atoms with van der Waals surface area (Å²) in [5.74, 6) is 0. The van der Waals surface area contributed by atoms with Crippen molar-refractivity contribution >= 4 is 17.6 Å². The minimum atomic E-state index is 0.371. The van der Waals surface area contributed by atoms with Gasteiger partial charge >= 0.3 is 0 Å². The highest BCUT2D eigenvalue weighted by Gasteiger charge is 2.14. The molecular formula is C8H11ClN2O. The van der Waals surface area contributed by atoms with E-state index < -0.39 is 0 Å². The van der Waals surface area contributed by atoms with Gasteiger partial charge in [-0.2, -0.15) is 0 Å². The van der Waals surface area contributed by atoms with Crippen LogP contribution in [0, 0.1) is 0 Å². The maximum Gasteiger partial charge on any atom is 0.298 e. The first-order valence-electron chi connectivity index (χ1n) is 4.22. The molecule has 0 radical (unpaired) electrons. The third-order valence-corrected chi connectivity index (χ3v) is 2.27. The van der Waals surface area contributed by atoms with Gasteiger partial charge in [0.15, 0.2) is 0 Å². The van der Waals surface area contributed by atoms with Crippen LogP contribution in [-0.4, -0.2) is 18.1 Å². The fourth-order valence-corrected chi connectivity index (χ4v) is 1.60. The summed E-state index contributed by atoms with van der Waals surface area (Å²) in [7, 11) is 0. The highest BCUT2D eigenvalue weighted by Crippen LogP contribution is 2.21. The van der Waals surface area contributed by atoms with E-state index in [1.54, 1.807) is 6.20 Å². The van der Waals surface area contributed by atoms with Crippen LogP contribution in [0.3, 0.4) is 0 Å². The third kappa shape index (κ3) is 1.55. The first kappa shape index (κ1) is 7.92. The molecule has 2 rings (SSSR count). The van der Waals surface area contributed by atoms with Gasteiger partial charge in [0.1, 0.15) is 0 Å². The monoisotopic (exact) mass is 186 g/mol. The molecule has 1 aliphatic rings. The zero-order valence-electron chi connectivity index (χ0n) is 6.79. The average Bonchev–Trinajstić information content (AvgIpc) is 2.54. The second kappa shape index (κ2) is 3.35. The standard InChI is InChI=1S/C8H11ClN2O/c9-7-6-10-8(12-7)11-4-2-1-3-5-11/h6H,1-5H2. The van der Waals surface area contributed by atoms with E-state index >= 15 is 0 Å². The molecule has 0 unspecified atom stereocenters. The number of anilines is 1. The summed E-state index contributed by atoms with van der Waals surface area (Å²) in [6.45, 7) is 2.08. The molecule has 4 heteroatoms. The van der Waals surface area contributed by atoms with Crippen LogP contribution in [0.2, 0.25) is 5.22 Å². The molecule has 1 fully saturated rings. The van der Waals surface area contributed by atoms with Crippen molar-refractivity contribution in [3.05, 3.63) is 11.4 Å². The van der Waals surface area contributed by atoms with Crippen molar-refractivity contribution in [2.75, 3.05) is 18.0 Å². The van der Waals surface area contributed by atoms with E-state index in [-0.39, 0.29) is 0 Å². The predicted octanol–water partition coefficient (Wildman–Crippen LogP) is 2.32. The van der Waals surface area contributed by atoms with Gasteiger partial charge in [-0.15, -0.1) is 0 Å². The Labute approximate surface area is 76.3 Å². The van der Waals surface area contributed by atoms with Gasteiger partial charge in [-0.3, -0.25) is 0 Å². The molecule has 0 aliphatic carbocycles. The van der Waals surface area contributed by atoms with Crippen molar-refractivity contribution in [2.24, 2.45) is 0 Å². The number of rotatable bonds is 1. The summed E-state index contributed by atoms with van der Waals surface area (Å²) >= 11 is 5.62. The highest BCUT2D eigenvalue weighted by molar-refractivity contribution is 6.28. The molecule has 1 aliphatic heterocycles. The Kier molecular flexibility index (Phi) is 2.21. The molecule has 0 N–H and O–H groups in total. The fourth-order valence-electron chi connectivity index (χ4n) is 1.48. The van der Waals surface area contributed by atoms with Crippen molar-refractivity contribution in [2.45, 2.75) is 19.3 Å². The van der Waals surface area contributed by atoms with Gasteiger partial charge in [-0.05, 0) is 30.9 Å². The van der Waals surface area contributed by atoms with Crippen LogP contribution >= 0.6 is 11.6 Å². The van der Waals surface area contributed by atoms with E-state index in [0.717, 1.165) is 13.1 Å². The van der Waals surface area contributed by atoms with Gasteiger partial charge in [0.05, 0.1) is 6.20 Å². The predicted molar refractivity (Wildman–Crippen MR) is 47.6 cm³/mol. The SMILES string of the molecule is Clc1cnc(N2CCCCC2)o1. The molecule has 0 spiro atoms. The zero-order valence-corrected chi connectivity index (χ0v) is 7.55. The lowest BCUT2D eigenvalue weighted by molar-refractivity contribution is 0.493. The molecule has 0 atom stereocenters. The normalized spacial score (nSPS) is 18.2. The van der Waals surface area contributed by atoms with E-state index in [9.17, 15) is 0 Å². The summed E-state index contributed by atoms with van der Waals surface area (Å²) in [6, 6.07) is 0.666. The Balaban J connectivity index is 2.08. The first-order chi connectivity index (χ1) is 5.86. The molecule has 2 heterocycles. The summed E-state index contributed by atoms with van der Waals surface area (Å²) in [5.41, 5.74) is 0. The van der Waals surface area contributed by atoms with E-state index in [4.69, 9.17) is 16.0 Å². The van der Waals surface area contributed by atoms with Gasteiger partial charge in [0.2, 0.25) is 5.22 Å². The molecule has 0 saturated carbocycles. The van der Waals surface area contributed by atoms with Crippen LogP contribution in [-0.2, 0) is 0 Å². The van der Waals surface area contributed by atoms with E-state index in [2.05, 4.69) is 9.88 Å². The molecule has 3 nitrogen and oxygen atoms in total. The highest BCUT2D eigenvalue weighted by atomic mass is 35.5. The van der Waals surface area contributed by atoms with E-state index in [0.29, 0.717) is 11.2 Å². The Morgan fingerprint density at radius 1 is 1.33 bits per heavy atom. The lowest BCUT2D eigenvalue weighted by Crippen LogP contribution is -2.29. The molecule has 1 aromatic rings. The minimum absolute atomic E-state index is 0.371. The van der Waals surface area contributed by atoms with Gasteiger partial charge < -0.3 is 9.32 Å². The molecule has 0 aromatic carbocycles. The average molecular weight is 187 g/mol. The largest absolute Gasteiger partial charge is 0.412 e. The van der Waals surface area contributed by atoms with Crippen LogP contribution in [0.1, 0.15) is 19.3 Å². The van der Waals surface area contributed by atoms with Gasteiger partial charge in [-0.1, -0.05) is 0 Å². The topological polar surface area (TPSA) is 29.3 Å². The number of hydrogen-bond acceptors (Lipinski definition) is 3. The lowest BCUT2D eigenvalue weighted by Gasteiger charge is -2.24. The first-order valence-corrected chi connectivity index (χ1v) is 4.60. The summed E-state index contributed by atoms with van der Waals surface area (Å²) in [4.78, 5) is 6.20. The van der Waals surface area contributed by atoms with Gasteiger partial charge in [0.25, 0.3) is 6.01 Å². The molecule has 0 amide bonds. The molecule has 1 saturated heterocycles. The zero-order chi connectivity index (χ0) is 8.39. The summed E-state index contributed by atoms with van der Waals surface area (Å²) in [5, 5.41) is 0.371. The molecule has 0 bridgehead atoms. The Morgan fingerprint density at radius 2 is 2.08 bits per heavy atom. The Morgan fingerprint density at radius 3 is 2.67 bits per heavy atom. The van der Waals surface area contributed by atoms with Crippen LogP contribution in [0.4, 0.5) is 6.01 Å². The fraction of sp³-hybridized carbons (Fsp3) is 0.625. The van der Waals surface area contributed by atoms with Crippen molar-refractivity contribution in [3.8, 4) is 0 Å². The van der Waals surface area contributed by atoms with Crippen LogP contribution < -0.4 is 4.90 Å². The molecule has 12 heavy (non-hydrogen) atoms. The lowest BCUT2D eigenvalue weighted by atomic mass is 10.1. The Hall–Kier alpha value is -0.700. The van der Waals surface area contributed by atoms with Crippen LogP contribution in [0.25, 0.3) is 0 Å². The Bertz CT molecular complexity index is 255.